The molecule has 0 spiro atoms. The van der Waals surface area contributed by atoms with E-state index in [1.807, 2.05) is 4.90 Å². The summed E-state index contributed by atoms with van der Waals surface area (Å²) in [7, 11) is 1.48. The van der Waals surface area contributed by atoms with E-state index in [0.29, 0.717) is 24.9 Å². The van der Waals surface area contributed by atoms with Crippen LogP contribution >= 0.6 is 0 Å². The summed E-state index contributed by atoms with van der Waals surface area (Å²) < 4.78 is 0. The quantitative estimate of drug-likeness (QED) is 0.191. The summed E-state index contributed by atoms with van der Waals surface area (Å²) in [5.74, 6) is 4.74. The number of imide groups is 1. The van der Waals surface area contributed by atoms with Crippen molar-refractivity contribution in [3.05, 3.63) is 41.1 Å². The first-order chi connectivity index (χ1) is 17.1. The van der Waals surface area contributed by atoms with E-state index in [0.717, 1.165) is 23.1 Å². The Morgan fingerprint density at radius 2 is 1.92 bits per heavy atom. The second-order valence-electron chi connectivity index (χ2n) is 9.22. The van der Waals surface area contributed by atoms with Crippen LogP contribution in [-0.4, -0.2) is 73.1 Å². The Bertz CT molecular complexity index is 1190. The first-order valence-electron chi connectivity index (χ1n) is 11.5. The lowest BCUT2D eigenvalue weighted by Gasteiger charge is -2.38. The number of aldehydes is 2. The van der Waals surface area contributed by atoms with Gasteiger partial charge in [0.1, 0.15) is 12.6 Å². The van der Waals surface area contributed by atoms with Crippen LogP contribution in [0, 0.1) is 23.2 Å². The van der Waals surface area contributed by atoms with Gasteiger partial charge in [-0.2, -0.15) is 0 Å². The number of carbonyl (C=O) groups excluding carboxylic acids is 5. The number of amides is 3. The molecule has 1 atom stereocenters. The maximum Gasteiger partial charge on any atom is 0.262 e. The lowest BCUT2D eigenvalue weighted by Crippen LogP contribution is -2.46. The van der Waals surface area contributed by atoms with Crippen molar-refractivity contribution in [2.75, 3.05) is 25.0 Å². The number of nitrogens with zero attached hydrogens (tertiary/aromatic N) is 2. The van der Waals surface area contributed by atoms with Crippen molar-refractivity contribution in [2.24, 2.45) is 5.92 Å². The van der Waals surface area contributed by atoms with E-state index in [1.54, 1.807) is 38.2 Å². The zero-order valence-electron chi connectivity index (χ0n) is 20.5. The van der Waals surface area contributed by atoms with Crippen LogP contribution in [0.3, 0.4) is 0 Å². The fraction of sp³-hybridized carbons (Fsp3) is 0.385. The summed E-state index contributed by atoms with van der Waals surface area (Å²) in [4.78, 5) is 62.9. The number of nitrogens with one attached hydrogen (secondary N) is 3. The van der Waals surface area contributed by atoms with Crippen molar-refractivity contribution in [2.45, 2.75) is 38.3 Å². The molecule has 2 aliphatic heterocycles. The molecule has 188 valence electrons. The lowest BCUT2D eigenvalue weighted by atomic mass is 9.98. The molecule has 0 radical (unpaired) electrons. The molecule has 10 heteroatoms. The molecular weight excluding hydrogens is 462 g/mol. The highest BCUT2D eigenvalue weighted by Crippen LogP contribution is 2.32. The fourth-order valence-electron chi connectivity index (χ4n) is 3.79. The number of rotatable bonds is 10. The van der Waals surface area contributed by atoms with Gasteiger partial charge in [0.25, 0.3) is 11.8 Å². The Labute approximate surface area is 209 Å². The van der Waals surface area contributed by atoms with E-state index >= 15 is 0 Å². The molecule has 1 fully saturated rings. The topological polar surface area (TPSA) is 140 Å². The number of anilines is 1. The van der Waals surface area contributed by atoms with Crippen LogP contribution in [0.4, 0.5) is 5.69 Å². The second kappa shape index (κ2) is 11.0. The summed E-state index contributed by atoms with van der Waals surface area (Å²) >= 11 is 0. The van der Waals surface area contributed by atoms with Crippen LogP contribution in [0.25, 0.3) is 0 Å². The number of benzene rings is 1. The van der Waals surface area contributed by atoms with Gasteiger partial charge in [0.2, 0.25) is 5.91 Å². The summed E-state index contributed by atoms with van der Waals surface area (Å²) in [5.41, 5.74) is 0.933. The minimum absolute atomic E-state index is 0.0224. The van der Waals surface area contributed by atoms with Crippen molar-refractivity contribution in [1.29, 1.82) is 5.41 Å². The van der Waals surface area contributed by atoms with Crippen molar-refractivity contribution in [1.82, 2.24) is 15.5 Å². The summed E-state index contributed by atoms with van der Waals surface area (Å²) in [6.07, 6.45) is 4.04. The Hall–Kier alpha value is -4.26. The number of carbonyl (C=O) groups is 5. The van der Waals surface area contributed by atoms with E-state index in [4.69, 9.17) is 5.41 Å². The predicted molar refractivity (Wildman–Crippen MR) is 134 cm³/mol. The highest BCUT2D eigenvalue weighted by atomic mass is 16.2. The Kier molecular flexibility index (Phi) is 8.04. The molecule has 10 nitrogen and oxygen atoms in total. The van der Waals surface area contributed by atoms with Gasteiger partial charge in [-0.1, -0.05) is 11.8 Å². The van der Waals surface area contributed by atoms with Gasteiger partial charge in [0, 0.05) is 44.7 Å². The number of fused-ring (bicyclic) bond motifs is 1. The first-order valence-corrected chi connectivity index (χ1v) is 11.5. The third-order valence-electron chi connectivity index (χ3n) is 6.05. The van der Waals surface area contributed by atoms with Crippen LogP contribution in [0.5, 0.6) is 0 Å². The van der Waals surface area contributed by atoms with Crippen molar-refractivity contribution in [3.8, 4) is 11.8 Å². The maximum absolute atomic E-state index is 13.0. The molecule has 1 unspecified atom stereocenters. The average Bonchev–Trinajstić information content (AvgIpc) is 3.09. The van der Waals surface area contributed by atoms with Gasteiger partial charge >= 0.3 is 0 Å². The highest BCUT2D eigenvalue weighted by molar-refractivity contribution is 6.22. The van der Waals surface area contributed by atoms with Gasteiger partial charge in [-0.25, -0.2) is 0 Å². The van der Waals surface area contributed by atoms with Crippen LogP contribution < -0.4 is 15.5 Å². The van der Waals surface area contributed by atoms with E-state index < -0.39 is 23.4 Å². The molecule has 1 aromatic rings. The highest BCUT2D eigenvalue weighted by Gasteiger charge is 2.40. The van der Waals surface area contributed by atoms with Crippen molar-refractivity contribution in [3.63, 3.8) is 0 Å². The Balaban J connectivity index is 1.66. The third kappa shape index (κ3) is 5.68. The van der Waals surface area contributed by atoms with Gasteiger partial charge in [0.05, 0.1) is 34.2 Å². The monoisotopic (exact) mass is 491 g/mol. The molecule has 3 rings (SSSR count). The summed E-state index contributed by atoms with van der Waals surface area (Å²) in [5, 5.41) is 12.9. The zero-order chi connectivity index (χ0) is 26.5. The van der Waals surface area contributed by atoms with Crippen LogP contribution in [0.2, 0.25) is 0 Å². The third-order valence-corrected chi connectivity index (χ3v) is 6.05. The minimum atomic E-state index is -1.01. The predicted octanol–water partition coefficient (Wildman–Crippen LogP) is 0.916. The van der Waals surface area contributed by atoms with Gasteiger partial charge in [0.15, 0.2) is 0 Å². The molecular formula is C26H29N5O5. The molecule has 1 aromatic carbocycles. The van der Waals surface area contributed by atoms with E-state index in [1.165, 1.54) is 7.05 Å². The second-order valence-corrected chi connectivity index (χ2v) is 9.22. The summed E-state index contributed by atoms with van der Waals surface area (Å²) in [6.45, 7) is 4.65. The molecule has 3 N–H and O–H groups in total. The Morgan fingerprint density at radius 3 is 2.53 bits per heavy atom. The van der Waals surface area contributed by atoms with Crippen molar-refractivity contribution < 1.29 is 24.0 Å². The SMILES string of the molecule is CNC(=O)CCC(C=O)N1C(=O)c2ccc(N3CC(C#C/C(C=N)=C/NC(C)(C)C=O)C3)cc2C1=O. The fourth-order valence-corrected chi connectivity index (χ4v) is 3.79. The molecule has 36 heavy (non-hydrogen) atoms. The first kappa shape index (κ1) is 26.3. The van der Waals surface area contributed by atoms with E-state index in [9.17, 15) is 24.0 Å². The normalized spacial score (nSPS) is 16.4. The van der Waals surface area contributed by atoms with E-state index in [2.05, 4.69) is 22.5 Å². The molecule has 0 bridgehead atoms. The molecule has 1 saturated heterocycles. The molecule has 0 aromatic heterocycles. The number of allylic oxidation sites excluding steroid dienone is 1. The van der Waals surface area contributed by atoms with Crippen molar-refractivity contribution >= 4 is 42.2 Å². The molecule has 3 amide bonds. The standard InChI is InChI=1S/C26H29N5O5/c1-26(2,16-33)29-12-17(11-27)4-5-18-13-30(14-18)19-6-8-21-22(10-19)25(36)31(24(21)35)20(15-32)7-9-23(34)28-3/h6,8,10-12,15-16,18,20,27,29H,7,9,13-14H2,1-3H3,(H,28,34)/b17-12-,27-11?. The van der Waals surface area contributed by atoms with E-state index in [-0.39, 0.29) is 35.8 Å². The largest absolute Gasteiger partial charge is 0.378 e. The lowest BCUT2D eigenvalue weighted by molar-refractivity contribution is -0.121. The Morgan fingerprint density at radius 1 is 1.22 bits per heavy atom. The van der Waals surface area contributed by atoms with Gasteiger partial charge < -0.3 is 30.5 Å². The van der Waals surface area contributed by atoms with Crippen LogP contribution in [0.15, 0.2) is 30.0 Å². The minimum Gasteiger partial charge on any atom is -0.378 e. The molecule has 2 aliphatic rings. The smallest absolute Gasteiger partial charge is 0.262 e. The molecule has 2 heterocycles. The molecule has 0 aliphatic carbocycles. The zero-order valence-corrected chi connectivity index (χ0v) is 20.5. The summed E-state index contributed by atoms with van der Waals surface area (Å²) in [6, 6.07) is 3.98. The van der Waals surface area contributed by atoms with Gasteiger partial charge in [-0.3, -0.25) is 19.3 Å². The maximum atomic E-state index is 13.0. The van der Waals surface area contributed by atoms with Gasteiger partial charge in [-0.05, 0) is 38.5 Å². The van der Waals surface area contributed by atoms with Crippen LogP contribution in [-0.2, 0) is 14.4 Å². The number of hydrogen-bond acceptors (Lipinski definition) is 8. The molecule has 0 saturated carbocycles. The number of hydrogen-bond donors (Lipinski definition) is 3. The van der Waals surface area contributed by atoms with Crippen LogP contribution in [0.1, 0.15) is 47.4 Å². The van der Waals surface area contributed by atoms with Gasteiger partial charge in [-0.15, -0.1) is 0 Å². The average molecular weight is 492 g/mol.